The predicted molar refractivity (Wildman–Crippen MR) is 550 cm³/mol. The molecule has 18 heteroatoms. The van der Waals surface area contributed by atoms with Crippen molar-refractivity contribution in [2.24, 2.45) is 0 Å². The van der Waals surface area contributed by atoms with Gasteiger partial charge in [0.2, 0.25) is 11.0 Å². The largest absolute Gasteiger partial charge is 1.00 e. The number of para-hydroxylation sites is 4. The maximum Gasteiger partial charge on any atom is 1.00 e. The summed E-state index contributed by atoms with van der Waals surface area (Å²) in [5.41, 5.74) is 22.5. The van der Waals surface area contributed by atoms with E-state index in [1.807, 2.05) is 30.3 Å². The van der Waals surface area contributed by atoms with E-state index >= 15 is 0 Å². The zero-order valence-electron chi connectivity index (χ0n) is 74.2. The molecule has 0 aliphatic carbocycles. The molecule has 0 spiro atoms. The Kier molecular flexibility index (Phi) is 25.3. The van der Waals surface area contributed by atoms with Gasteiger partial charge in [0.15, 0.2) is 17.1 Å². The van der Waals surface area contributed by atoms with Crippen molar-refractivity contribution in [3.05, 3.63) is 494 Å². The van der Waals surface area contributed by atoms with E-state index in [0.29, 0.717) is 0 Å². The zero-order chi connectivity index (χ0) is 93.1. The van der Waals surface area contributed by atoms with Crippen molar-refractivity contribution >= 4 is 156 Å². The Labute approximate surface area is 807 Å². The summed E-state index contributed by atoms with van der Waals surface area (Å²) >= 11 is 0. The Morgan fingerprint density at radius 3 is 0.833 bits per heavy atom. The van der Waals surface area contributed by atoms with Gasteiger partial charge in [0.1, 0.15) is 34.8 Å². The Hall–Kier alpha value is -19.5. The molecule has 4 aromatic heterocycles. The summed E-state index contributed by atoms with van der Waals surface area (Å²) in [5.74, 6) is -0.790. The smallest absolute Gasteiger partial charge is 0.872 e. The fourth-order valence-electron chi connectivity index (χ4n) is 17.5. The van der Waals surface area contributed by atoms with E-state index < -0.39 is 0 Å². The van der Waals surface area contributed by atoms with Crippen LogP contribution in [0.4, 0.5) is 68.6 Å². The molecule has 0 aliphatic rings. The predicted octanol–water partition coefficient (Wildman–Crippen LogP) is 27.6. The van der Waals surface area contributed by atoms with Crippen LogP contribution in [0.25, 0.3) is 152 Å². The minimum absolute atomic E-state index is 0. The van der Waals surface area contributed by atoms with Crippen LogP contribution < -0.4 is 38.7 Å². The third kappa shape index (κ3) is 17.6. The summed E-state index contributed by atoms with van der Waals surface area (Å²) in [7, 11) is 0. The minimum atomic E-state index is -0.298. The van der Waals surface area contributed by atoms with E-state index in [-0.39, 0.29) is 92.2 Å². The molecule has 0 fully saturated rings. The van der Waals surface area contributed by atoms with Crippen LogP contribution in [0.3, 0.4) is 0 Å². The standard InChI is InChI=1S/C48H34N2.C44H32N2.C18N12.C10H8O.Li/c1-3-11-35(12-4-1)37-19-27-41(28-20-37)49(42-29-21-38(22-30-42)36-13-5-2-6-14-36)43-31-23-39(24-32-43)40-25-33-44(34-26-40)50-47-17-9-7-15-45(47)46-16-8-10-18-48(46)50;1-3-17-37(18-4-1)45(43-23-11-15-35-13-7-9-21-41(35)43)39-29-25-33(26-30-39)34-27-31-40(32-28-34)46(38-19-5-2-6-20-38)44-24-12-16-36-14-8-10-22-42(36)44;1-22-16-9(6-21)27-12-10-11(26-8(5-20)7(4-19)25-10)14-15(13(12)28-16)30-18(24-3)17(23-2)29-14;11-10-7-3-5-8-4-1-2-6-9(8)10;/h1-34H;1-32H;;1-7,11H;/q;;;;+1/p-1. The van der Waals surface area contributed by atoms with Crippen LogP contribution in [0.2, 0.25) is 0 Å². The van der Waals surface area contributed by atoms with Crippen molar-refractivity contribution in [1.29, 1.82) is 15.8 Å². The molecule has 0 N–H and O–H groups in total. The fraction of sp³-hybridized carbons (Fsp3) is 0. The van der Waals surface area contributed by atoms with Crippen LogP contribution >= 0.6 is 0 Å². The molecular weight excluding hydrogens is 1690 g/mol. The first-order chi connectivity index (χ1) is 67.6. The molecule has 640 valence electrons. The number of nitriles is 3. The van der Waals surface area contributed by atoms with Crippen LogP contribution in [-0.4, -0.2) is 34.5 Å². The van der Waals surface area contributed by atoms with Gasteiger partial charge in [-0.15, -0.1) is 20.7 Å². The summed E-state index contributed by atoms with van der Waals surface area (Å²) in [6.45, 7) is 21.7. The van der Waals surface area contributed by atoms with Crippen LogP contribution in [0.1, 0.15) is 17.1 Å². The molecule has 23 rings (SSSR count). The van der Waals surface area contributed by atoms with Crippen LogP contribution in [0.15, 0.2) is 443 Å². The van der Waals surface area contributed by atoms with E-state index in [1.54, 1.807) is 30.3 Å². The van der Waals surface area contributed by atoms with Gasteiger partial charge in [0.05, 0.1) is 22.4 Å². The second-order valence-corrected chi connectivity index (χ2v) is 32.0. The molecule has 0 saturated carbocycles. The average molecular weight is 1760 g/mol. The number of hydrogen-bond donors (Lipinski definition) is 0. The van der Waals surface area contributed by atoms with Crippen molar-refractivity contribution in [3.63, 3.8) is 0 Å². The van der Waals surface area contributed by atoms with Crippen molar-refractivity contribution in [3.8, 4) is 74.2 Å². The third-order valence-corrected chi connectivity index (χ3v) is 23.9. The number of rotatable bonds is 14. The molecule has 23 aromatic rings. The van der Waals surface area contributed by atoms with Gasteiger partial charge in [-0.25, -0.2) is 15.0 Å². The molecule has 0 bridgehead atoms. The number of aromatic nitrogens is 7. The van der Waals surface area contributed by atoms with Crippen LogP contribution in [-0.2, 0) is 0 Å². The van der Waals surface area contributed by atoms with Gasteiger partial charge in [0.25, 0.3) is 17.2 Å². The first kappa shape index (κ1) is 87.8. The summed E-state index contributed by atoms with van der Waals surface area (Å²) in [5, 5.41) is 48.3. The first-order valence-electron chi connectivity index (χ1n) is 44.0. The fourth-order valence-corrected chi connectivity index (χ4v) is 17.5. The average Bonchev–Trinajstić information content (AvgIpc) is 0.957. The number of hydrogen-bond acceptors (Lipinski definition) is 13. The molecule has 0 saturated heterocycles. The summed E-state index contributed by atoms with van der Waals surface area (Å²) in [6.07, 6.45) is 0. The summed E-state index contributed by atoms with van der Waals surface area (Å²) in [4.78, 5) is 41.4. The molecule has 19 aromatic carbocycles. The van der Waals surface area contributed by atoms with Gasteiger partial charge in [-0.2, -0.15) is 15.8 Å². The van der Waals surface area contributed by atoms with Gasteiger partial charge in [-0.3, -0.25) is 0 Å². The van der Waals surface area contributed by atoms with Crippen molar-refractivity contribution in [1.82, 2.24) is 34.5 Å². The van der Waals surface area contributed by atoms with Gasteiger partial charge in [0, 0.05) is 67.0 Å². The Balaban J connectivity index is 0.000000128. The van der Waals surface area contributed by atoms with E-state index in [2.05, 4.69) is 464 Å². The maximum absolute atomic E-state index is 11.2. The molecule has 0 amide bonds. The Morgan fingerprint density at radius 1 is 0.232 bits per heavy atom. The Bertz CT molecular complexity index is 8110. The summed E-state index contributed by atoms with van der Waals surface area (Å²) in [6, 6.07) is 161. The van der Waals surface area contributed by atoms with Crippen molar-refractivity contribution < 1.29 is 24.0 Å². The van der Waals surface area contributed by atoms with Crippen molar-refractivity contribution in [2.75, 3.05) is 14.7 Å². The third-order valence-electron chi connectivity index (χ3n) is 23.9. The van der Waals surface area contributed by atoms with Crippen LogP contribution in [0, 0.1) is 53.7 Å². The number of fused-ring (bicyclic) bond motifs is 12. The first-order valence-corrected chi connectivity index (χ1v) is 44.0. The second kappa shape index (κ2) is 39.7. The molecular formula is C120H73LiN16O. The molecule has 4 heterocycles. The quantitative estimate of drug-likeness (QED) is 0.0566. The van der Waals surface area contributed by atoms with Gasteiger partial charge in [-0.1, -0.05) is 341 Å². The molecule has 17 nitrogen and oxygen atoms in total. The number of anilines is 9. The topological polar surface area (TPSA) is 200 Å². The summed E-state index contributed by atoms with van der Waals surface area (Å²) < 4.78 is 2.36. The van der Waals surface area contributed by atoms with E-state index in [1.165, 1.54) is 87.9 Å². The maximum atomic E-state index is 11.2. The van der Waals surface area contributed by atoms with Gasteiger partial charge >= 0.3 is 24.7 Å². The minimum Gasteiger partial charge on any atom is -0.872 e. The molecule has 0 unspecified atom stereocenters. The van der Waals surface area contributed by atoms with Crippen molar-refractivity contribution in [2.45, 2.75) is 0 Å². The molecule has 0 radical (unpaired) electrons. The van der Waals surface area contributed by atoms with Gasteiger partial charge < -0.3 is 38.9 Å². The normalized spacial score (nSPS) is 10.7. The van der Waals surface area contributed by atoms with E-state index in [0.717, 1.165) is 67.6 Å². The molecule has 138 heavy (non-hydrogen) atoms. The molecule has 0 aliphatic heterocycles. The number of nitrogens with zero attached hydrogens (tertiary/aromatic N) is 16. The monoisotopic (exact) mass is 1760 g/mol. The molecule has 0 atom stereocenters. The van der Waals surface area contributed by atoms with E-state index in [4.69, 9.17) is 19.7 Å². The SMILES string of the molecule is [C-]#[N+]c1nc2c(nc1C#N)c1nc(C#N)c(C#N)nc1c1nc([N+]#[C-])c([N+]#[C-])nc21.[Li+].[O-]c1cccc2ccccc12.c1ccc(-c2ccc(N(c3ccc(-c4ccccc4)cc3)c3ccc(-c4ccc(-n5c6ccccc6c6ccccc65)cc4)cc3)cc2)cc1.c1ccc(N(c2ccc(-c3ccc(N(c4ccccc4)c4cccc5ccccc45)cc3)cc2)c2cccc3ccccc23)cc1. The van der Waals surface area contributed by atoms with E-state index in [9.17, 15) is 20.9 Å². The Morgan fingerprint density at radius 2 is 0.486 bits per heavy atom. The number of benzene rings is 19. The van der Waals surface area contributed by atoms with Gasteiger partial charge in [-0.05, 0) is 187 Å². The second-order valence-electron chi connectivity index (χ2n) is 32.0. The zero-order valence-corrected chi connectivity index (χ0v) is 74.2. The van der Waals surface area contributed by atoms with Crippen LogP contribution in [0.5, 0.6) is 5.75 Å².